The van der Waals surface area contributed by atoms with Crippen LogP contribution in [0.3, 0.4) is 0 Å². The molecule has 2 N–H and O–H groups in total. The summed E-state index contributed by atoms with van der Waals surface area (Å²) in [5.74, 6) is 1.05. The predicted molar refractivity (Wildman–Crippen MR) is 120 cm³/mol. The SMILES string of the molecule is CCN(CC)C(=O)c1cc(NC(=O)Nc2cc(OC)cc(OC)c2)ccc1N(C)C. The van der Waals surface area contributed by atoms with Crippen LogP contribution >= 0.6 is 0 Å². The van der Waals surface area contributed by atoms with Crippen LogP contribution < -0.4 is 25.0 Å². The van der Waals surface area contributed by atoms with Gasteiger partial charge in [-0.15, -0.1) is 0 Å². The van der Waals surface area contributed by atoms with Crippen LogP contribution in [-0.4, -0.2) is 58.2 Å². The van der Waals surface area contributed by atoms with Gasteiger partial charge in [0.25, 0.3) is 5.91 Å². The van der Waals surface area contributed by atoms with Gasteiger partial charge in [0.05, 0.1) is 19.8 Å². The first kappa shape index (κ1) is 22.9. The van der Waals surface area contributed by atoms with E-state index in [1.807, 2.05) is 38.9 Å². The van der Waals surface area contributed by atoms with E-state index in [-0.39, 0.29) is 5.91 Å². The molecule has 30 heavy (non-hydrogen) atoms. The number of methoxy groups -OCH3 is 2. The molecule has 0 unspecified atom stereocenters. The first-order valence-corrected chi connectivity index (χ1v) is 9.74. The fraction of sp³-hybridized carbons (Fsp3) is 0.364. The largest absolute Gasteiger partial charge is 0.497 e. The summed E-state index contributed by atoms with van der Waals surface area (Å²) in [5.41, 5.74) is 2.36. The minimum Gasteiger partial charge on any atom is -0.497 e. The van der Waals surface area contributed by atoms with Gasteiger partial charge < -0.3 is 29.9 Å². The number of hydrogen-bond acceptors (Lipinski definition) is 5. The van der Waals surface area contributed by atoms with Gasteiger partial charge in [-0.3, -0.25) is 4.79 Å². The van der Waals surface area contributed by atoms with Crippen LogP contribution in [0.5, 0.6) is 11.5 Å². The Morgan fingerprint density at radius 2 is 1.43 bits per heavy atom. The number of benzene rings is 2. The number of nitrogens with one attached hydrogen (secondary N) is 2. The van der Waals surface area contributed by atoms with Gasteiger partial charge in [-0.2, -0.15) is 0 Å². The first-order valence-electron chi connectivity index (χ1n) is 9.74. The van der Waals surface area contributed by atoms with Crippen LogP contribution in [0.4, 0.5) is 21.9 Å². The summed E-state index contributed by atoms with van der Waals surface area (Å²) in [4.78, 5) is 29.1. The number of hydrogen-bond donors (Lipinski definition) is 2. The predicted octanol–water partition coefficient (Wildman–Crippen LogP) is 3.90. The lowest BCUT2D eigenvalue weighted by molar-refractivity contribution is 0.0773. The minimum atomic E-state index is -0.441. The second-order valence-corrected chi connectivity index (χ2v) is 6.78. The van der Waals surface area contributed by atoms with E-state index in [4.69, 9.17) is 9.47 Å². The van der Waals surface area contributed by atoms with Crippen molar-refractivity contribution in [2.24, 2.45) is 0 Å². The van der Waals surface area contributed by atoms with Crippen molar-refractivity contribution in [3.63, 3.8) is 0 Å². The lowest BCUT2D eigenvalue weighted by atomic mass is 10.1. The standard InChI is InChI=1S/C22H30N4O4/c1-7-26(8-2)21(27)19-13-15(9-10-20(19)25(3)4)23-22(28)24-16-11-17(29-5)14-18(12-16)30-6/h9-14H,7-8H2,1-6H3,(H2,23,24,28). The van der Waals surface area contributed by atoms with Crippen molar-refractivity contribution < 1.29 is 19.1 Å². The van der Waals surface area contributed by atoms with Gasteiger partial charge in [-0.1, -0.05) is 0 Å². The molecule has 0 aromatic heterocycles. The summed E-state index contributed by atoms with van der Waals surface area (Å²) >= 11 is 0. The van der Waals surface area contributed by atoms with Gasteiger partial charge in [0.1, 0.15) is 11.5 Å². The summed E-state index contributed by atoms with van der Waals surface area (Å²) in [7, 11) is 6.84. The molecule has 0 atom stereocenters. The number of rotatable bonds is 8. The van der Waals surface area contributed by atoms with Crippen LogP contribution in [0, 0.1) is 0 Å². The van der Waals surface area contributed by atoms with Gasteiger partial charge in [0.2, 0.25) is 0 Å². The lowest BCUT2D eigenvalue weighted by Crippen LogP contribution is -2.32. The molecule has 2 aromatic carbocycles. The van der Waals surface area contributed by atoms with Crippen molar-refractivity contribution in [1.82, 2.24) is 4.90 Å². The van der Waals surface area contributed by atoms with Gasteiger partial charge in [-0.05, 0) is 32.0 Å². The van der Waals surface area contributed by atoms with E-state index in [1.54, 1.807) is 49.5 Å². The molecule has 0 aliphatic rings. The molecule has 0 fully saturated rings. The fourth-order valence-corrected chi connectivity index (χ4v) is 3.03. The molecular formula is C22H30N4O4. The van der Waals surface area contributed by atoms with Crippen molar-refractivity contribution in [2.75, 3.05) is 56.9 Å². The van der Waals surface area contributed by atoms with E-state index in [0.717, 1.165) is 5.69 Å². The Morgan fingerprint density at radius 3 is 1.93 bits per heavy atom. The van der Waals surface area contributed by atoms with Gasteiger partial charge >= 0.3 is 6.03 Å². The Labute approximate surface area is 177 Å². The Balaban J connectivity index is 2.25. The number of carbonyl (C=O) groups excluding carboxylic acids is 2. The summed E-state index contributed by atoms with van der Waals surface area (Å²) < 4.78 is 10.4. The topological polar surface area (TPSA) is 83.1 Å². The zero-order chi connectivity index (χ0) is 22.3. The molecule has 0 heterocycles. The second-order valence-electron chi connectivity index (χ2n) is 6.78. The zero-order valence-electron chi connectivity index (χ0n) is 18.4. The Kier molecular flexibility index (Phi) is 7.91. The Hall–Kier alpha value is -3.42. The van der Waals surface area contributed by atoms with Crippen LogP contribution in [-0.2, 0) is 0 Å². The average Bonchev–Trinajstić information content (AvgIpc) is 2.73. The highest BCUT2D eigenvalue weighted by molar-refractivity contribution is 6.04. The Bertz CT molecular complexity index is 872. The second kappa shape index (κ2) is 10.4. The molecule has 8 nitrogen and oxygen atoms in total. The van der Waals surface area contributed by atoms with Crippen molar-refractivity contribution in [1.29, 1.82) is 0 Å². The van der Waals surface area contributed by atoms with Crippen molar-refractivity contribution >= 4 is 29.0 Å². The van der Waals surface area contributed by atoms with E-state index in [1.165, 1.54) is 0 Å². The molecule has 162 valence electrons. The summed E-state index contributed by atoms with van der Waals surface area (Å²) in [6.07, 6.45) is 0. The molecule has 8 heteroatoms. The maximum atomic E-state index is 12.9. The highest BCUT2D eigenvalue weighted by Gasteiger charge is 2.19. The van der Waals surface area contributed by atoms with E-state index in [9.17, 15) is 9.59 Å². The molecule has 3 amide bonds. The number of carbonyl (C=O) groups is 2. The molecule has 0 saturated heterocycles. The quantitative estimate of drug-likeness (QED) is 0.685. The number of amides is 3. The van der Waals surface area contributed by atoms with Crippen molar-refractivity contribution in [2.45, 2.75) is 13.8 Å². The first-order chi connectivity index (χ1) is 14.3. The van der Waals surface area contributed by atoms with E-state index in [2.05, 4.69) is 10.6 Å². The van der Waals surface area contributed by atoms with Gasteiger partial charge in [0.15, 0.2) is 0 Å². The number of urea groups is 1. The van der Waals surface area contributed by atoms with Crippen LogP contribution in [0.25, 0.3) is 0 Å². The summed E-state index contributed by atoms with van der Waals surface area (Å²) in [6.45, 7) is 5.10. The fourth-order valence-electron chi connectivity index (χ4n) is 3.03. The normalized spacial score (nSPS) is 10.2. The highest BCUT2D eigenvalue weighted by atomic mass is 16.5. The summed E-state index contributed by atoms with van der Waals surface area (Å²) in [6, 6.07) is 9.93. The third kappa shape index (κ3) is 5.56. The van der Waals surface area contributed by atoms with Gasteiger partial charge in [-0.25, -0.2) is 4.79 Å². The molecular weight excluding hydrogens is 384 g/mol. The van der Waals surface area contributed by atoms with E-state index in [0.29, 0.717) is 41.5 Å². The molecule has 0 spiro atoms. The molecule has 0 bridgehead atoms. The molecule has 0 aliphatic carbocycles. The van der Waals surface area contributed by atoms with Crippen LogP contribution in [0.1, 0.15) is 24.2 Å². The maximum Gasteiger partial charge on any atom is 0.323 e. The number of nitrogens with zero attached hydrogens (tertiary/aromatic N) is 2. The number of ether oxygens (including phenoxy) is 2. The molecule has 0 aliphatic heterocycles. The summed E-state index contributed by atoms with van der Waals surface area (Å²) in [5, 5.41) is 5.54. The van der Waals surface area contributed by atoms with Gasteiger partial charge in [0, 0.05) is 62.4 Å². The monoisotopic (exact) mass is 414 g/mol. The van der Waals surface area contributed by atoms with E-state index >= 15 is 0 Å². The third-order valence-corrected chi connectivity index (χ3v) is 4.63. The van der Waals surface area contributed by atoms with Crippen molar-refractivity contribution in [3.05, 3.63) is 42.0 Å². The van der Waals surface area contributed by atoms with Crippen LogP contribution in [0.15, 0.2) is 36.4 Å². The minimum absolute atomic E-state index is 0.0784. The van der Waals surface area contributed by atoms with E-state index < -0.39 is 6.03 Å². The smallest absolute Gasteiger partial charge is 0.323 e. The molecule has 2 aromatic rings. The molecule has 0 saturated carbocycles. The maximum absolute atomic E-state index is 12.9. The Morgan fingerprint density at radius 1 is 0.867 bits per heavy atom. The van der Waals surface area contributed by atoms with Crippen LogP contribution in [0.2, 0.25) is 0 Å². The highest BCUT2D eigenvalue weighted by Crippen LogP contribution is 2.27. The third-order valence-electron chi connectivity index (χ3n) is 4.63. The molecule has 0 radical (unpaired) electrons. The number of anilines is 3. The van der Waals surface area contributed by atoms with Crippen molar-refractivity contribution in [3.8, 4) is 11.5 Å². The molecule has 2 rings (SSSR count). The average molecular weight is 415 g/mol. The zero-order valence-corrected chi connectivity index (χ0v) is 18.4. The lowest BCUT2D eigenvalue weighted by Gasteiger charge is -2.23.